The molecule has 2 atom stereocenters. The molecule has 0 radical (unpaired) electrons. The Labute approximate surface area is 77.7 Å². The van der Waals surface area contributed by atoms with Gasteiger partial charge in [0.15, 0.2) is 0 Å². The average molecular weight is 168 g/mol. The molecule has 0 aromatic rings. The van der Waals surface area contributed by atoms with Gasteiger partial charge in [0, 0.05) is 0 Å². The predicted octanol–water partition coefficient (Wildman–Crippen LogP) is 4.10. The zero-order valence-corrected chi connectivity index (χ0v) is 9.35. The molecule has 0 N–H and O–H groups in total. The summed E-state index contributed by atoms with van der Waals surface area (Å²) in [5, 5.41) is 0. The molecule has 0 unspecified atom stereocenters. The molecule has 0 heterocycles. The smallest absolute Gasteiger partial charge is 0.0349 e. The Morgan fingerprint density at radius 2 is 1.75 bits per heavy atom. The van der Waals surface area contributed by atoms with Crippen LogP contribution in [0.25, 0.3) is 0 Å². The minimum Gasteiger partial charge on any atom is -0.0625 e. The molecular formula is C12H24. The first-order valence-corrected chi connectivity index (χ1v) is 5.41. The number of hydrogen-bond donors (Lipinski definition) is 0. The second-order valence-corrected chi connectivity index (χ2v) is 5.92. The highest BCUT2D eigenvalue weighted by molar-refractivity contribution is 4.83. The summed E-state index contributed by atoms with van der Waals surface area (Å²) in [6.07, 6.45) is 4.33. The van der Waals surface area contributed by atoms with Crippen LogP contribution in [0, 0.1) is 23.2 Å². The van der Waals surface area contributed by atoms with Crippen LogP contribution in [0.3, 0.4) is 0 Å². The van der Waals surface area contributed by atoms with E-state index in [1.54, 1.807) is 0 Å². The van der Waals surface area contributed by atoms with Gasteiger partial charge in [0.1, 0.15) is 0 Å². The number of rotatable bonds is 1. The van der Waals surface area contributed by atoms with E-state index in [0.717, 1.165) is 17.8 Å². The standard InChI is InChI=1S/C12H24/c1-9(2)11-6-10(3)7-12(4,5)8-11/h9-11H,6-8H2,1-5H3/t10-,11-/m0/s1. The van der Waals surface area contributed by atoms with E-state index in [1.807, 2.05) is 0 Å². The Balaban J connectivity index is 2.58. The largest absolute Gasteiger partial charge is 0.0625 e. The molecule has 1 fully saturated rings. The van der Waals surface area contributed by atoms with Crippen molar-refractivity contribution in [2.45, 2.75) is 53.9 Å². The zero-order valence-electron chi connectivity index (χ0n) is 9.35. The van der Waals surface area contributed by atoms with Gasteiger partial charge in [-0.2, -0.15) is 0 Å². The first-order valence-electron chi connectivity index (χ1n) is 5.41. The minimum absolute atomic E-state index is 0.604. The van der Waals surface area contributed by atoms with Gasteiger partial charge in [0.05, 0.1) is 0 Å². The van der Waals surface area contributed by atoms with Crippen LogP contribution in [0.4, 0.5) is 0 Å². The maximum absolute atomic E-state index is 2.43. The monoisotopic (exact) mass is 168 g/mol. The Morgan fingerprint density at radius 1 is 1.17 bits per heavy atom. The molecule has 0 aromatic heterocycles. The van der Waals surface area contributed by atoms with Gasteiger partial charge in [-0.3, -0.25) is 0 Å². The van der Waals surface area contributed by atoms with E-state index in [9.17, 15) is 0 Å². The fraction of sp³-hybridized carbons (Fsp3) is 1.00. The van der Waals surface area contributed by atoms with Gasteiger partial charge in [-0.25, -0.2) is 0 Å². The summed E-state index contributed by atoms with van der Waals surface area (Å²) in [6, 6.07) is 0. The Hall–Kier alpha value is 0. The minimum atomic E-state index is 0.604. The zero-order chi connectivity index (χ0) is 9.35. The van der Waals surface area contributed by atoms with Crippen LogP contribution in [-0.2, 0) is 0 Å². The van der Waals surface area contributed by atoms with Crippen LogP contribution < -0.4 is 0 Å². The third-order valence-corrected chi connectivity index (χ3v) is 3.36. The van der Waals surface area contributed by atoms with Crippen molar-refractivity contribution in [2.24, 2.45) is 23.2 Å². The van der Waals surface area contributed by atoms with Crippen LogP contribution in [0.1, 0.15) is 53.9 Å². The number of hydrogen-bond acceptors (Lipinski definition) is 0. The molecule has 1 aliphatic carbocycles. The summed E-state index contributed by atoms with van der Waals surface area (Å²) in [5.41, 5.74) is 0.604. The highest BCUT2D eigenvalue weighted by atomic mass is 14.4. The van der Waals surface area contributed by atoms with Crippen molar-refractivity contribution >= 4 is 0 Å². The lowest BCUT2D eigenvalue weighted by Crippen LogP contribution is -2.30. The van der Waals surface area contributed by atoms with E-state index in [2.05, 4.69) is 34.6 Å². The Bertz CT molecular complexity index is 144. The van der Waals surface area contributed by atoms with Crippen molar-refractivity contribution in [3.63, 3.8) is 0 Å². The second-order valence-electron chi connectivity index (χ2n) is 5.92. The third-order valence-electron chi connectivity index (χ3n) is 3.36. The molecule has 0 aliphatic heterocycles. The van der Waals surface area contributed by atoms with E-state index in [-0.39, 0.29) is 0 Å². The molecule has 0 aromatic carbocycles. The summed E-state index contributed by atoms with van der Waals surface area (Å²) in [5.74, 6) is 2.80. The first-order chi connectivity index (χ1) is 5.41. The van der Waals surface area contributed by atoms with Gasteiger partial charge in [-0.15, -0.1) is 0 Å². The van der Waals surface area contributed by atoms with E-state index < -0.39 is 0 Å². The lowest BCUT2D eigenvalue weighted by molar-refractivity contribution is 0.105. The Kier molecular flexibility index (Phi) is 2.85. The summed E-state index contributed by atoms with van der Waals surface area (Å²) in [4.78, 5) is 0. The van der Waals surface area contributed by atoms with Crippen LogP contribution in [-0.4, -0.2) is 0 Å². The highest BCUT2D eigenvalue weighted by Gasteiger charge is 2.32. The van der Waals surface area contributed by atoms with Crippen molar-refractivity contribution < 1.29 is 0 Å². The van der Waals surface area contributed by atoms with Crippen molar-refractivity contribution in [1.82, 2.24) is 0 Å². The van der Waals surface area contributed by atoms with Gasteiger partial charge >= 0.3 is 0 Å². The summed E-state index contributed by atoms with van der Waals surface area (Å²) >= 11 is 0. The quantitative estimate of drug-likeness (QED) is 0.553. The normalized spacial score (nSPS) is 35.5. The van der Waals surface area contributed by atoms with Crippen molar-refractivity contribution in [3.8, 4) is 0 Å². The summed E-state index contributed by atoms with van der Waals surface area (Å²) < 4.78 is 0. The van der Waals surface area contributed by atoms with E-state index in [4.69, 9.17) is 0 Å². The first kappa shape index (κ1) is 10.1. The van der Waals surface area contributed by atoms with Crippen molar-refractivity contribution in [1.29, 1.82) is 0 Å². The lowest BCUT2D eigenvalue weighted by atomic mass is 9.65. The fourth-order valence-electron chi connectivity index (χ4n) is 2.93. The maximum Gasteiger partial charge on any atom is -0.0349 e. The van der Waals surface area contributed by atoms with Crippen LogP contribution >= 0.6 is 0 Å². The van der Waals surface area contributed by atoms with Crippen LogP contribution in [0.15, 0.2) is 0 Å². The molecule has 1 aliphatic rings. The van der Waals surface area contributed by atoms with Crippen LogP contribution in [0.5, 0.6) is 0 Å². The molecule has 0 saturated heterocycles. The molecule has 12 heavy (non-hydrogen) atoms. The van der Waals surface area contributed by atoms with Gasteiger partial charge in [0.25, 0.3) is 0 Å². The summed E-state index contributed by atoms with van der Waals surface area (Å²) in [7, 11) is 0. The van der Waals surface area contributed by atoms with Gasteiger partial charge in [-0.1, -0.05) is 34.6 Å². The highest BCUT2D eigenvalue weighted by Crippen LogP contribution is 2.44. The van der Waals surface area contributed by atoms with Gasteiger partial charge < -0.3 is 0 Å². The molecule has 0 bridgehead atoms. The SMILES string of the molecule is CC(C)[C@H]1C[C@H](C)CC(C)(C)C1. The van der Waals surface area contributed by atoms with E-state index in [0.29, 0.717) is 5.41 Å². The fourth-order valence-corrected chi connectivity index (χ4v) is 2.93. The van der Waals surface area contributed by atoms with Crippen molar-refractivity contribution in [2.75, 3.05) is 0 Å². The third kappa shape index (κ3) is 2.50. The molecule has 0 spiro atoms. The molecule has 72 valence electrons. The topological polar surface area (TPSA) is 0 Å². The molecule has 0 amide bonds. The predicted molar refractivity (Wildman–Crippen MR) is 55.1 cm³/mol. The lowest BCUT2D eigenvalue weighted by Gasteiger charge is -2.40. The van der Waals surface area contributed by atoms with Crippen molar-refractivity contribution in [3.05, 3.63) is 0 Å². The molecule has 0 nitrogen and oxygen atoms in total. The molecule has 1 rings (SSSR count). The molecule has 0 heteroatoms. The molecule has 1 saturated carbocycles. The van der Waals surface area contributed by atoms with Gasteiger partial charge in [0.2, 0.25) is 0 Å². The van der Waals surface area contributed by atoms with E-state index in [1.165, 1.54) is 19.3 Å². The summed E-state index contributed by atoms with van der Waals surface area (Å²) in [6.45, 7) is 12.0. The van der Waals surface area contributed by atoms with Gasteiger partial charge in [-0.05, 0) is 42.4 Å². The van der Waals surface area contributed by atoms with Crippen LogP contribution in [0.2, 0.25) is 0 Å². The molecular weight excluding hydrogens is 144 g/mol. The maximum atomic E-state index is 2.43. The Morgan fingerprint density at radius 3 is 2.17 bits per heavy atom. The van der Waals surface area contributed by atoms with E-state index >= 15 is 0 Å². The second kappa shape index (κ2) is 3.40. The average Bonchev–Trinajstić information content (AvgIpc) is 1.82.